The molecular formula is C20H21N7O. The second-order valence-electron chi connectivity index (χ2n) is 7.60. The fraction of sp³-hybridized carbons (Fsp3) is 0.400. The molecule has 28 heavy (non-hydrogen) atoms. The van der Waals surface area contributed by atoms with Gasteiger partial charge in [0.25, 0.3) is 0 Å². The van der Waals surface area contributed by atoms with Gasteiger partial charge in [0.1, 0.15) is 6.42 Å². The number of nitrogens with zero attached hydrogens (tertiary/aromatic N) is 7. The summed E-state index contributed by atoms with van der Waals surface area (Å²) in [6.07, 6.45) is 9.67. The summed E-state index contributed by atoms with van der Waals surface area (Å²) < 4.78 is 3.70. The number of piperazine rings is 1. The molecule has 8 nitrogen and oxygen atoms in total. The van der Waals surface area contributed by atoms with E-state index in [1.54, 1.807) is 4.68 Å². The Morgan fingerprint density at radius 2 is 2.00 bits per heavy atom. The van der Waals surface area contributed by atoms with Crippen molar-refractivity contribution in [1.29, 1.82) is 5.26 Å². The van der Waals surface area contributed by atoms with Crippen LogP contribution in [-0.4, -0.2) is 55.4 Å². The minimum atomic E-state index is -0.0314. The molecule has 2 unspecified atom stereocenters. The number of fused-ring (bicyclic) bond motifs is 3. The topological polar surface area (TPSA) is 82.5 Å². The lowest BCUT2D eigenvalue weighted by molar-refractivity contribution is -0.133. The van der Waals surface area contributed by atoms with Crippen molar-refractivity contribution in [1.82, 2.24) is 24.3 Å². The molecule has 0 N–H and O–H groups in total. The van der Waals surface area contributed by atoms with Crippen LogP contribution in [0.3, 0.4) is 0 Å². The molecular weight excluding hydrogens is 354 g/mol. The molecule has 2 aliphatic rings. The molecule has 3 aromatic rings. The molecule has 0 aromatic carbocycles. The molecule has 5 heterocycles. The zero-order valence-corrected chi connectivity index (χ0v) is 15.7. The molecule has 2 fully saturated rings. The van der Waals surface area contributed by atoms with Crippen molar-refractivity contribution in [3.05, 3.63) is 36.9 Å². The molecule has 1 amide bonds. The van der Waals surface area contributed by atoms with E-state index in [4.69, 9.17) is 5.26 Å². The minimum Gasteiger partial charge on any atom is -0.366 e. The fourth-order valence-electron chi connectivity index (χ4n) is 4.66. The average Bonchev–Trinajstić information content (AvgIpc) is 3.37. The summed E-state index contributed by atoms with van der Waals surface area (Å²) in [5.41, 5.74) is 4.33. The van der Waals surface area contributed by atoms with Crippen molar-refractivity contribution in [3.8, 4) is 17.2 Å². The fourth-order valence-corrected chi connectivity index (χ4v) is 4.66. The van der Waals surface area contributed by atoms with Gasteiger partial charge in [-0.05, 0) is 25.0 Å². The molecule has 142 valence electrons. The van der Waals surface area contributed by atoms with E-state index in [9.17, 15) is 4.79 Å². The number of nitriles is 1. The first kappa shape index (κ1) is 16.8. The number of aryl methyl sites for hydroxylation is 1. The number of hydrogen-bond acceptors (Lipinski definition) is 5. The number of rotatable bonds is 3. The minimum absolute atomic E-state index is 0.0281. The largest absolute Gasteiger partial charge is 0.366 e. The maximum Gasteiger partial charge on any atom is 0.237 e. The molecule has 0 radical (unpaired) electrons. The highest BCUT2D eigenvalue weighted by Gasteiger charge is 2.42. The van der Waals surface area contributed by atoms with Gasteiger partial charge in [0, 0.05) is 61.9 Å². The van der Waals surface area contributed by atoms with Gasteiger partial charge in [0.2, 0.25) is 5.91 Å². The molecule has 2 bridgehead atoms. The van der Waals surface area contributed by atoms with E-state index < -0.39 is 0 Å². The highest BCUT2D eigenvalue weighted by molar-refractivity contribution is 5.82. The predicted molar refractivity (Wildman–Crippen MR) is 103 cm³/mol. The van der Waals surface area contributed by atoms with Crippen LogP contribution in [0.4, 0.5) is 5.69 Å². The predicted octanol–water partition coefficient (Wildman–Crippen LogP) is 1.83. The first-order chi connectivity index (χ1) is 13.6. The van der Waals surface area contributed by atoms with Gasteiger partial charge in [-0.15, -0.1) is 0 Å². The summed E-state index contributed by atoms with van der Waals surface area (Å²) >= 11 is 0. The van der Waals surface area contributed by atoms with Crippen LogP contribution in [0, 0.1) is 11.3 Å². The summed E-state index contributed by atoms with van der Waals surface area (Å²) in [4.78, 5) is 16.7. The lowest BCUT2D eigenvalue weighted by Crippen LogP contribution is -2.56. The van der Waals surface area contributed by atoms with Crippen molar-refractivity contribution in [2.45, 2.75) is 31.3 Å². The maximum atomic E-state index is 12.3. The third-order valence-electron chi connectivity index (χ3n) is 5.87. The lowest BCUT2D eigenvalue weighted by Gasteiger charge is -2.42. The SMILES string of the molecule is Cn1cc(-c2cc3c(N4CC5CCC(C4)N5C(=O)CC#N)ccnn3c2)cn1. The van der Waals surface area contributed by atoms with Crippen LogP contribution in [0.5, 0.6) is 0 Å². The van der Waals surface area contributed by atoms with Crippen LogP contribution in [0.1, 0.15) is 19.3 Å². The molecule has 2 atom stereocenters. The highest BCUT2D eigenvalue weighted by atomic mass is 16.2. The van der Waals surface area contributed by atoms with E-state index in [1.807, 2.05) is 47.3 Å². The summed E-state index contributed by atoms with van der Waals surface area (Å²) in [5.74, 6) is -0.0314. The normalized spacial score (nSPS) is 21.3. The van der Waals surface area contributed by atoms with Crippen molar-refractivity contribution in [2.24, 2.45) is 7.05 Å². The van der Waals surface area contributed by atoms with Crippen LogP contribution >= 0.6 is 0 Å². The lowest BCUT2D eigenvalue weighted by atomic mass is 10.1. The van der Waals surface area contributed by atoms with Crippen molar-refractivity contribution in [2.75, 3.05) is 18.0 Å². The van der Waals surface area contributed by atoms with E-state index >= 15 is 0 Å². The van der Waals surface area contributed by atoms with Crippen LogP contribution in [0.15, 0.2) is 36.9 Å². The van der Waals surface area contributed by atoms with E-state index in [-0.39, 0.29) is 24.4 Å². The number of aromatic nitrogens is 4. The Hall–Kier alpha value is -3.34. The first-order valence-electron chi connectivity index (χ1n) is 9.53. The van der Waals surface area contributed by atoms with Gasteiger partial charge in [0.15, 0.2) is 0 Å². The third-order valence-corrected chi connectivity index (χ3v) is 5.87. The Bertz CT molecular complexity index is 1080. The van der Waals surface area contributed by atoms with Gasteiger partial charge in [-0.3, -0.25) is 9.48 Å². The van der Waals surface area contributed by atoms with E-state index in [0.717, 1.165) is 48.3 Å². The molecule has 0 saturated carbocycles. The molecule has 2 saturated heterocycles. The van der Waals surface area contributed by atoms with Gasteiger partial charge in [-0.25, -0.2) is 4.52 Å². The Morgan fingerprint density at radius 3 is 2.68 bits per heavy atom. The molecule has 8 heteroatoms. The maximum absolute atomic E-state index is 12.3. The van der Waals surface area contributed by atoms with Crippen LogP contribution < -0.4 is 4.90 Å². The second-order valence-corrected chi connectivity index (χ2v) is 7.60. The van der Waals surface area contributed by atoms with Crippen molar-refractivity contribution < 1.29 is 4.79 Å². The van der Waals surface area contributed by atoms with Crippen LogP contribution in [-0.2, 0) is 11.8 Å². The van der Waals surface area contributed by atoms with E-state index in [2.05, 4.69) is 27.2 Å². The van der Waals surface area contributed by atoms with Gasteiger partial charge in [-0.2, -0.15) is 15.5 Å². The second kappa shape index (κ2) is 6.37. The molecule has 0 aliphatic carbocycles. The molecule has 2 aliphatic heterocycles. The molecule has 0 spiro atoms. The summed E-state index contributed by atoms with van der Waals surface area (Å²) in [6.45, 7) is 1.58. The Balaban J connectivity index is 1.47. The Morgan fingerprint density at radius 1 is 1.21 bits per heavy atom. The van der Waals surface area contributed by atoms with E-state index in [0.29, 0.717) is 0 Å². The van der Waals surface area contributed by atoms with Crippen molar-refractivity contribution >= 4 is 17.1 Å². The third kappa shape index (κ3) is 2.62. The Kier molecular flexibility index (Phi) is 3.83. The molecule has 3 aromatic heterocycles. The van der Waals surface area contributed by atoms with Crippen LogP contribution in [0.2, 0.25) is 0 Å². The number of hydrogen-bond donors (Lipinski definition) is 0. The van der Waals surface area contributed by atoms with E-state index in [1.165, 1.54) is 0 Å². The molecule has 5 rings (SSSR count). The zero-order valence-electron chi connectivity index (χ0n) is 15.7. The van der Waals surface area contributed by atoms with Gasteiger partial charge < -0.3 is 9.80 Å². The van der Waals surface area contributed by atoms with Gasteiger partial charge in [-0.1, -0.05) is 0 Å². The van der Waals surface area contributed by atoms with Crippen LogP contribution in [0.25, 0.3) is 16.6 Å². The average molecular weight is 375 g/mol. The smallest absolute Gasteiger partial charge is 0.237 e. The zero-order chi connectivity index (χ0) is 19.3. The summed E-state index contributed by atoms with van der Waals surface area (Å²) in [6, 6.07) is 6.56. The standard InChI is InChI=1S/C20H21N7O/c1-24-10-15(9-23-24)14-8-19-18(5-7-22-26(19)11-14)25-12-16-2-3-17(13-25)27(16)20(28)4-6-21/h5,7-11,16-17H,2-4,12-13H2,1H3. The Labute approximate surface area is 162 Å². The number of anilines is 1. The number of carbonyl (C=O) groups is 1. The summed E-state index contributed by atoms with van der Waals surface area (Å²) in [5, 5.41) is 17.6. The monoisotopic (exact) mass is 375 g/mol. The number of carbonyl (C=O) groups excluding carboxylic acids is 1. The van der Waals surface area contributed by atoms with Gasteiger partial charge >= 0.3 is 0 Å². The summed E-state index contributed by atoms with van der Waals surface area (Å²) in [7, 11) is 1.91. The van der Waals surface area contributed by atoms with Gasteiger partial charge in [0.05, 0.1) is 23.5 Å². The highest BCUT2D eigenvalue weighted by Crippen LogP contribution is 2.35. The van der Waals surface area contributed by atoms with Crippen molar-refractivity contribution in [3.63, 3.8) is 0 Å². The quantitative estimate of drug-likeness (QED) is 0.697. The first-order valence-corrected chi connectivity index (χ1v) is 9.53. The number of amides is 1.